The lowest BCUT2D eigenvalue weighted by atomic mass is 10.0. The molecule has 6 atom stereocenters. The molecule has 2 aromatic heterocycles. The molecule has 3 heterocycles. The second kappa shape index (κ2) is 12.2. The van der Waals surface area contributed by atoms with Crippen LogP contribution in [0, 0.1) is 11.7 Å². The van der Waals surface area contributed by atoms with Gasteiger partial charge in [0.2, 0.25) is 0 Å². The first kappa shape index (κ1) is 28.5. The van der Waals surface area contributed by atoms with Crippen LogP contribution < -0.4 is 11.5 Å². The summed E-state index contributed by atoms with van der Waals surface area (Å²) < 4.78 is 39.0. The van der Waals surface area contributed by atoms with E-state index in [4.69, 9.17) is 25.7 Å². The van der Waals surface area contributed by atoms with Gasteiger partial charge in [-0.05, 0) is 42.4 Å². The first-order valence-electron chi connectivity index (χ1n) is 13.0. The predicted octanol–water partition coefficient (Wildman–Crippen LogP) is 5.88. The van der Waals surface area contributed by atoms with Crippen molar-refractivity contribution in [3.05, 3.63) is 66.1 Å². The molecule has 1 aliphatic heterocycles. The number of alkyl halides is 1. The van der Waals surface area contributed by atoms with E-state index >= 15 is 0 Å². The molecule has 4 N–H and O–H groups in total. The number of benzene rings is 2. The van der Waals surface area contributed by atoms with E-state index in [1.54, 1.807) is 18.3 Å². The average molecular weight is 584 g/mol. The zero-order valence-electron chi connectivity index (χ0n) is 22.3. The van der Waals surface area contributed by atoms with Gasteiger partial charge in [0.05, 0.1) is 31.1 Å². The molecule has 0 bridgehead atoms. The molecular formula is C29H32F2N5O2PS. The molecule has 40 heavy (non-hydrogen) atoms. The van der Waals surface area contributed by atoms with E-state index in [1.165, 1.54) is 17.0 Å². The number of nitrogens with two attached hydrogens (primary N) is 2. The number of ether oxygens (including phenoxy) is 1. The fourth-order valence-corrected chi connectivity index (χ4v) is 7.77. The Morgan fingerprint density at radius 1 is 1.15 bits per heavy atom. The molecule has 5 rings (SSSR count). The zero-order chi connectivity index (χ0) is 28.4. The lowest BCUT2D eigenvalue weighted by molar-refractivity contribution is 0.186. The maximum atomic E-state index is 14.8. The van der Waals surface area contributed by atoms with Crippen LogP contribution in [0.3, 0.4) is 0 Å². The van der Waals surface area contributed by atoms with Crippen LogP contribution in [0.4, 0.5) is 14.6 Å². The molecule has 0 saturated carbocycles. The molecule has 0 aliphatic carbocycles. The van der Waals surface area contributed by atoms with Crippen LogP contribution in [-0.4, -0.2) is 51.3 Å². The Balaban J connectivity index is 1.40. The van der Waals surface area contributed by atoms with Crippen molar-refractivity contribution < 1.29 is 18.0 Å². The molecule has 0 amide bonds. The summed E-state index contributed by atoms with van der Waals surface area (Å²) in [7, 11) is 2.88. The van der Waals surface area contributed by atoms with Gasteiger partial charge in [-0.2, -0.15) is 10.5 Å². The van der Waals surface area contributed by atoms with Gasteiger partial charge < -0.3 is 20.7 Å². The number of nitrogen functional groups attached to an aromatic ring is 1. The molecule has 0 radical (unpaired) electrons. The van der Waals surface area contributed by atoms with Crippen molar-refractivity contribution in [1.29, 1.82) is 0 Å². The van der Waals surface area contributed by atoms with Crippen LogP contribution in [0.1, 0.15) is 25.5 Å². The first-order valence-corrected chi connectivity index (χ1v) is 15.0. The maximum Gasteiger partial charge on any atom is 0.189 e. The lowest BCUT2D eigenvalue weighted by Gasteiger charge is -2.25. The molecule has 7 nitrogen and oxygen atoms in total. The van der Waals surface area contributed by atoms with Crippen LogP contribution in [0.2, 0.25) is 0 Å². The van der Waals surface area contributed by atoms with E-state index in [9.17, 15) is 8.78 Å². The summed E-state index contributed by atoms with van der Waals surface area (Å²) in [6.07, 6.45) is 1.61. The molecular weight excluding hydrogens is 551 g/mol. The normalized spacial score (nSPS) is 19.6. The van der Waals surface area contributed by atoms with Gasteiger partial charge in [-0.3, -0.25) is 0 Å². The largest absolute Gasteiger partial charge is 0.382 e. The van der Waals surface area contributed by atoms with E-state index in [-0.39, 0.29) is 33.3 Å². The summed E-state index contributed by atoms with van der Waals surface area (Å²) in [5.74, 6) is 0.331. The van der Waals surface area contributed by atoms with Gasteiger partial charge in [0.25, 0.3) is 0 Å². The van der Waals surface area contributed by atoms with E-state index in [0.29, 0.717) is 33.8 Å². The highest BCUT2D eigenvalue weighted by atomic mass is 32.2. The SMILES string of the molecule is C/C=S(\c1ccc(-c2cnc(N)c(-c3cc(-c4ccc(C(N)CF)cc4F)no3)n2)cc1)C1COCC1C(C)P. The van der Waals surface area contributed by atoms with E-state index in [2.05, 4.69) is 50.7 Å². The van der Waals surface area contributed by atoms with Gasteiger partial charge in [0, 0.05) is 33.3 Å². The first-order chi connectivity index (χ1) is 19.3. The smallest absolute Gasteiger partial charge is 0.189 e. The van der Waals surface area contributed by atoms with Crippen LogP contribution in [-0.2, 0) is 4.74 Å². The fourth-order valence-electron chi connectivity index (χ4n) is 4.86. The van der Waals surface area contributed by atoms with Crippen molar-refractivity contribution in [3.8, 4) is 34.0 Å². The molecule has 2 aromatic carbocycles. The molecule has 1 fully saturated rings. The Kier molecular flexibility index (Phi) is 8.71. The van der Waals surface area contributed by atoms with Crippen LogP contribution in [0.25, 0.3) is 34.0 Å². The summed E-state index contributed by atoms with van der Waals surface area (Å²) in [5.41, 5.74) is 14.9. The minimum atomic E-state index is -0.887. The van der Waals surface area contributed by atoms with Crippen molar-refractivity contribution in [2.24, 2.45) is 11.7 Å². The number of halogens is 2. The second-order valence-corrected chi connectivity index (χ2v) is 13.1. The average Bonchev–Trinajstić information content (AvgIpc) is 3.64. The third-order valence-corrected chi connectivity index (χ3v) is 10.1. The zero-order valence-corrected chi connectivity index (χ0v) is 24.2. The molecule has 1 aliphatic rings. The van der Waals surface area contributed by atoms with Gasteiger partial charge in [-0.15, -0.1) is 9.24 Å². The summed E-state index contributed by atoms with van der Waals surface area (Å²) in [6.45, 7) is 5.12. The Bertz CT molecular complexity index is 1530. The third kappa shape index (κ3) is 5.72. The van der Waals surface area contributed by atoms with Crippen molar-refractivity contribution in [2.45, 2.75) is 35.7 Å². The minimum absolute atomic E-state index is 0.0444. The molecule has 4 aromatic rings. The Morgan fingerprint density at radius 2 is 1.93 bits per heavy atom. The molecule has 6 unspecified atom stereocenters. The van der Waals surface area contributed by atoms with Crippen molar-refractivity contribution >= 4 is 30.9 Å². The minimum Gasteiger partial charge on any atom is -0.382 e. The topological polar surface area (TPSA) is 113 Å². The number of hydrogen-bond donors (Lipinski definition) is 2. The Morgan fingerprint density at radius 3 is 2.60 bits per heavy atom. The highest BCUT2D eigenvalue weighted by Gasteiger charge is 2.33. The number of aromatic nitrogens is 3. The van der Waals surface area contributed by atoms with Gasteiger partial charge >= 0.3 is 0 Å². The van der Waals surface area contributed by atoms with Gasteiger partial charge in [-0.1, -0.05) is 35.6 Å². The number of rotatable bonds is 8. The molecule has 11 heteroatoms. The predicted molar refractivity (Wildman–Crippen MR) is 161 cm³/mol. The van der Waals surface area contributed by atoms with Crippen molar-refractivity contribution in [2.75, 3.05) is 25.6 Å². The van der Waals surface area contributed by atoms with Gasteiger partial charge in [-0.25, -0.2) is 18.7 Å². The van der Waals surface area contributed by atoms with Crippen molar-refractivity contribution in [3.63, 3.8) is 0 Å². The second-order valence-electron chi connectivity index (χ2n) is 9.80. The summed E-state index contributed by atoms with van der Waals surface area (Å²) in [4.78, 5) is 10.3. The number of nitrogens with zero attached hydrogens (tertiary/aromatic N) is 3. The number of hydrogen-bond acceptors (Lipinski definition) is 7. The van der Waals surface area contributed by atoms with E-state index in [0.717, 1.165) is 18.8 Å². The molecule has 0 spiro atoms. The highest BCUT2D eigenvalue weighted by Crippen LogP contribution is 2.41. The monoisotopic (exact) mass is 583 g/mol. The van der Waals surface area contributed by atoms with Crippen molar-refractivity contribution in [1.82, 2.24) is 15.1 Å². The number of anilines is 1. The Labute approximate surface area is 236 Å². The van der Waals surface area contributed by atoms with Crippen LogP contribution >= 0.6 is 19.7 Å². The van der Waals surface area contributed by atoms with E-state index in [1.807, 2.05) is 12.1 Å². The highest BCUT2D eigenvalue weighted by molar-refractivity contribution is 8.15. The summed E-state index contributed by atoms with van der Waals surface area (Å²) in [6, 6.07) is 13.3. The summed E-state index contributed by atoms with van der Waals surface area (Å²) >= 11 is 0. The fraction of sp³-hybridized carbons (Fsp3) is 0.310. The Hall–Kier alpha value is -3.04. The lowest BCUT2D eigenvalue weighted by Crippen LogP contribution is -2.23. The third-order valence-electron chi connectivity index (χ3n) is 7.16. The summed E-state index contributed by atoms with van der Waals surface area (Å²) in [5, 5.41) is 6.73. The molecule has 1 saturated heterocycles. The van der Waals surface area contributed by atoms with Crippen LogP contribution in [0.5, 0.6) is 0 Å². The van der Waals surface area contributed by atoms with Crippen LogP contribution in [0.15, 0.2) is 64.1 Å². The quantitative estimate of drug-likeness (QED) is 0.197. The van der Waals surface area contributed by atoms with Gasteiger partial charge in [0.15, 0.2) is 17.3 Å². The van der Waals surface area contributed by atoms with Gasteiger partial charge in [0.1, 0.15) is 18.2 Å². The standard InChI is InChI=1S/C29H32F2N5O2PS/c1-3-40(27-15-37-14-21(27)16(2)39)19-7-4-17(5-8-19)25-13-34-29(33)28(35-25)26-11-24(36-38-26)20-9-6-18(10-22(20)31)23(32)12-30/h3-11,13,16,21,23,27H,12,14-15,32,39H2,1-2H3,(H2,33,34). The molecule has 210 valence electrons. The maximum absolute atomic E-state index is 14.8. The van der Waals surface area contributed by atoms with E-state index < -0.39 is 18.5 Å².